The van der Waals surface area contributed by atoms with Crippen LogP contribution in [0, 0.1) is 0 Å². The molecule has 0 radical (unpaired) electrons. The molecule has 1 fully saturated rings. The second-order valence-electron chi connectivity index (χ2n) is 5.83. The van der Waals surface area contributed by atoms with Crippen molar-refractivity contribution < 1.29 is 4.79 Å². The number of thiazole rings is 1. The van der Waals surface area contributed by atoms with Crippen molar-refractivity contribution in [2.45, 2.75) is 38.8 Å². The van der Waals surface area contributed by atoms with Crippen LogP contribution >= 0.6 is 11.3 Å². The van der Waals surface area contributed by atoms with Gasteiger partial charge in [0.05, 0.1) is 29.1 Å². The number of nitrogens with one attached hydrogen (secondary N) is 1. The van der Waals surface area contributed by atoms with E-state index in [4.69, 9.17) is 0 Å². The largest absolute Gasteiger partial charge is 0.351 e. The maximum atomic E-state index is 11.1. The molecule has 1 aliphatic rings. The van der Waals surface area contributed by atoms with E-state index in [1.165, 1.54) is 6.92 Å². The van der Waals surface area contributed by atoms with E-state index in [1.807, 2.05) is 5.51 Å². The average molecular weight is 331 g/mol. The van der Waals surface area contributed by atoms with Gasteiger partial charge in [0.15, 0.2) is 0 Å². The van der Waals surface area contributed by atoms with Gasteiger partial charge in [-0.15, -0.1) is 11.3 Å². The van der Waals surface area contributed by atoms with Gasteiger partial charge >= 0.3 is 0 Å². The highest BCUT2D eigenvalue weighted by atomic mass is 32.1. The quantitative estimate of drug-likeness (QED) is 0.907. The SMILES string of the molecule is CC(=O)NCc1nccnc1C1CCN(Cc2cscn2)CC1. The zero-order valence-electron chi connectivity index (χ0n) is 13.2. The average Bonchev–Trinajstić information content (AvgIpc) is 3.07. The van der Waals surface area contributed by atoms with E-state index in [1.54, 1.807) is 23.7 Å². The van der Waals surface area contributed by atoms with Gasteiger partial charge in [-0.2, -0.15) is 0 Å². The third-order valence-electron chi connectivity index (χ3n) is 4.15. The lowest BCUT2D eigenvalue weighted by Gasteiger charge is -2.31. The van der Waals surface area contributed by atoms with Gasteiger partial charge in [-0.3, -0.25) is 19.7 Å². The second kappa shape index (κ2) is 7.61. The number of nitrogens with zero attached hydrogens (tertiary/aromatic N) is 4. The van der Waals surface area contributed by atoms with Crippen LogP contribution < -0.4 is 5.32 Å². The van der Waals surface area contributed by atoms with Gasteiger partial charge in [0.1, 0.15) is 0 Å². The molecule has 1 N–H and O–H groups in total. The molecule has 6 nitrogen and oxygen atoms in total. The summed E-state index contributed by atoms with van der Waals surface area (Å²) in [6, 6.07) is 0. The van der Waals surface area contributed by atoms with Crippen LogP contribution in [0.5, 0.6) is 0 Å². The lowest BCUT2D eigenvalue weighted by molar-refractivity contribution is -0.119. The van der Waals surface area contributed by atoms with E-state index in [9.17, 15) is 4.79 Å². The number of likely N-dealkylation sites (tertiary alicyclic amines) is 1. The van der Waals surface area contributed by atoms with Crippen molar-refractivity contribution in [2.75, 3.05) is 13.1 Å². The highest BCUT2D eigenvalue weighted by Crippen LogP contribution is 2.28. The summed E-state index contributed by atoms with van der Waals surface area (Å²) in [7, 11) is 0. The second-order valence-corrected chi connectivity index (χ2v) is 6.55. The van der Waals surface area contributed by atoms with Crippen LogP contribution in [0.4, 0.5) is 0 Å². The van der Waals surface area contributed by atoms with Crippen LogP contribution in [0.15, 0.2) is 23.3 Å². The zero-order valence-corrected chi connectivity index (χ0v) is 14.1. The zero-order chi connectivity index (χ0) is 16.1. The number of carbonyl (C=O) groups excluding carboxylic acids is 1. The topological polar surface area (TPSA) is 71.0 Å². The first-order valence-electron chi connectivity index (χ1n) is 7.86. The van der Waals surface area contributed by atoms with Gasteiger partial charge in [0.2, 0.25) is 5.91 Å². The summed E-state index contributed by atoms with van der Waals surface area (Å²) in [6.07, 6.45) is 5.57. The highest BCUT2D eigenvalue weighted by Gasteiger charge is 2.24. The Morgan fingerprint density at radius 2 is 2.09 bits per heavy atom. The molecule has 23 heavy (non-hydrogen) atoms. The fourth-order valence-electron chi connectivity index (χ4n) is 2.97. The van der Waals surface area contributed by atoms with E-state index in [0.29, 0.717) is 12.5 Å². The molecule has 2 aromatic heterocycles. The van der Waals surface area contributed by atoms with E-state index in [-0.39, 0.29) is 5.91 Å². The van der Waals surface area contributed by atoms with Crippen LogP contribution in [0.3, 0.4) is 0 Å². The van der Waals surface area contributed by atoms with Crippen LogP contribution in [0.1, 0.15) is 42.8 Å². The Bertz CT molecular complexity index is 638. The van der Waals surface area contributed by atoms with Crippen molar-refractivity contribution in [3.8, 4) is 0 Å². The van der Waals surface area contributed by atoms with Crippen LogP contribution in [0.25, 0.3) is 0 Å². The molecule has 0 aromatic carbocycles. The van der Waals surface area contributed by atoms with Crippen molar-refractivity contribution in [3.05, 3.63) is 40.4 Å². The minimum atomic E-state index is -0.0420. The Balaban J connectivity index is 1.60. The molecule has 2 aromatic rings. The third-order valence-corrected chi connectivity index (χ3v) is 4.79. The van der Waals surface area contributed by atoms with Crippen LogP contribution in [0.2, 0.25) is 0 Å². The van der Waals surface area contributed by atoms with Crippen molar-refractivity contribution >= 4 is 17.2 Å². The molecule has 0 saturated carbocycles. The van der Waals surface area contributed by atoms with Crippen molar-refractivity contribution in [1.82, 2.24) is 25.2 Å². The predicted molar refractivity (Wildman–Crippen MR) is 88.9 cm³/mol. The minimum absolute atomic E-state index is 0.0420. The number of hydrogen-bond acceptors (Lipinski definition) is 6. The fraction of sp³-hybridized carbons (Fsp3) is 0.500. The summed E-state index contributed by atoms with van der Waals surface area (Å²) in [6.45, 7) is 4.98. The molecular formula is C16H21N5OS. The molecule has 0 aliphatic carbocycles. The fourth-order valence-corrected chi connectivity index (χ4v) is 3.52. The lowest BCUT2D eigenvalue weighted by atomic mass is 9.92. The maximum absolute atomic E-state index is 11.1. The molecule has 0 spiro atoms. The summed E-state index contributed by atoms with van der Waals surface area (Å²) in [4.78, 5) is 26.9. The number of piperidine rings is 1. The number of rotatable bonds is 5. The normalized spacial score (nSPS) is 16.4. The highest BCUT2D eigenvalue weighted by molar-refractivity contribution is 7.07. The summed E-state index contributed by atoms with van der Waals surface area (Å²) in [5.74, 6) is 0.374. The van der Waals surface area contributed by atoms with E-state index < -0.39 is 0 Å². The molecular weight excluding hydrogens is 310 g/mol. The lowest BCUT2D eigenvalue weighted by Crippen LogP contribution is -2.33. The van der Waals surface area contributed by atoms with Gasteiger partial charge < -0.3 is 5.32 Å². The van der Waals surface area contributed by atoms with Crippen molar-refractivity contribution in [1.29, 1.82) is 0 Å². The van der Waals surface area contributed by atoms with Crippen molar-refractivity contribution in [3.63, 3.8) is 0 Å². The molecule has 0 bridgehead atoms. The first-order chi connectivity index (χ1) is 11.2. The summed E-state index contributed by atoms with van der Waals surface area (Å²) in [5, 5.41) is 4.93. The number of aromatic nitrogens is 3. The molecule has 0 atom stereocenters. The molecule has 1 aliphatic heterocycles. The molecule has 3 heterocycles. The van der Waals surface area contributed by atoms with Crippen LogP contribution in [-0.4, -0.2) is 38.8 Å². The summed E-state index contributed by atoms with van der Waals surface area (Å²) < 4.78 is 0. The van der Waals surface area contributed by atoms with Gasteiger partial charge in [-0.1, -0.05) is 0 Å². The van der Waals surface area contributed by atoms with E-state index in [0.717, 1.165) is 49.6 Å². The number of carbonyl (C=O) groups is 1. The van der Waals surface area contributed by atoms with Gasteiger partial charge in [0.25, 0.3) is 0 Å². The van der Waals surface area contributed by atoms with Crippen LogP contribution in [-0.2, 0) is 17.9 Å². The number of hydrogen-bond donors (Lipinski definition) is 1. The maximum Gasteiger partial charge on any atom is 0.217 e. The first kappa shape index (κ1) is 16.0. The smallest absolute Gasteiger partial charge is 0.217 e. The van der Waals surface area contributed by atoms with E-state index >= 15 is 0 Å². The van der Waals surface area contributed by atoms with Gasteiger partial charge in [-0.05, 0) is 25.9 Å². The Labute approximate surface area is 140 Å². The Kier molecular flexibility index (Phi) is 5.30. The number of amides is 1. The third kappa shape index (κ3) is 4.33. The Morgan fingerprint density at radius 3 is 2.78 bits per heavy atom. The van der Waals surface area contributed by atoms with Crippen molar-refractivity contribution in [2.24, 2.45) is 0 Å². The molecule has 1 saturated heterocycles. The Hall–Kier alpha value is -1.86. The standard InChI is InChI=1S/C16H21N5OS/c1-12(22)19-8-15-16(18-5-4-17-15)13-2-6-21(7-3-13)9-14-10-23-11-20-14/h4-5,10-11,13H,2-3,6-9H2,1H3,(H,19,22). The Morgan fingerprint density at radius 1 is 1.30 bits per heavy atom. The minimum Gasteiger partial charge on any atom is -0.351 e. The van der Waals surface area contributed by atoms with Gasteiger partial charge in [0, 0.05) is 37.2 Å². The molecule has 0 unspecified atom stereocenters. The summed E-state index contributed by atoms with van der Waals surface area (Å²) in [5.41, 5.74) is 4.96. The monoisotopic (exact) mass is 331 g/mol. The van der Waals surface area contributed by atoms with E-state index in [2.05, 4.69) is 30.5 Å². The molecule has 3 rings (SSSR count). The molecule has 7 heteroatoms. The van der Waals surface area contributed by atoms with Gasteiger partial charge in [-0.25, -0.2) is 4.98 Å². The first-order valence-corrected chi connectivity index (χ1v) is 8.80. The predicted octanol–water partition coefficient (Wildman–Crippen LogP) is 1.95. The molecule has 1 amide bonds. The summed E-state index contributed by atoms with van der Waals surface area (Å²) >= 11 is 1.64. The molecule has 122 valence electrons.